The number of thioether (sulfide) groups is 1. The maximum atomic E-state index is 13.0. The number of carbonyl (C=O) groups excluding carboxylic acids is 1. The number of rotatable bonds is 8. The molecule has 2 aromatic carbocycles. The number of nitrogens with zero attached hydrogens (tertiary/aromatic N) is 4. The van der Waals surface area contributed by atoms with E-state index in [0.29, 0.717) is 30.5 Å². The van der Waals surface area contributed by atoms with Gasteiger partial charge in [-0.3, -0.25) is 4.79 Å². The van der Waals surface area contributed by atoms with Gasteiger partial charge in [-0.1, -0.05) is 54.6 Å². The summed E-state index contributed by atoms with van der Waals surface area (Å²) in [7, 11) is -3.57. The molecule has 10 heteroatoms. The van der Waals surface area contributed by atoms with E-state index in [1.807, 2.05) is 48.7 Å². The summed E-state index contributed by atoms with van der Waals surface area (Å²) in [4.78, 5) is 12.9. The lowest BCUT2D eigenvalue weighted by atomic mass is 10.2. The van der Waals surface area contributed by atoms with Crippen LogP contribution in [-0.2, 0) is 21.4 Å². The smallest absolute Gasteiger partial charge is 0.243 e. The zero-order valence-electron chi connectivity index (χ0n) is 19.4. The molecule has 3 aromatic rings. The molecule has 0 bridgehead atoms. The third kappa shape index (κ3) is 5.68. The molecule has 0 aliphatic carbocycles. The molecule has 1 aromatic heterocycles. The van der Waals surface area contributed by atoms with Gasteiger partial charge in [0.1, 0.15) is 5.82 Å². The van der Waals surface area contributed by atoms with Gasteiger partial charge in [0, 0.05) is 18.8 Å². The predicted octanol–water partition coefficient (Wildman–Crippen LogP) is 3.85. The van der Waals surface area contributed by atoms with E-state index in [-0.39, 0.29) is 16.6 Å². The van der Waals surface area contributed by atoms with Gasteiger partial charge >= 0.3 is 0 Å². The van der Waals surface area contributed by atoms with Crippen LogP contribution in [0.3, 0.4) is 0 Å². The molecule has 0 spiro atoms. The first-order valence-electron chi connectivity index (χ1n) is 11.3. The number of nitrogens with one attached hydrogen (secondary N) is 1. The minimum atomic E-state index is -3.57. The Balaban J connectivity index is 1.43. The zero-order chi connectivity index (χ0) is 24.1. The van der Waals surface area contributed by atoms with Crippen LogP contribution in [0.5, 0.6) is 0 Å². The molecule has 0 saturated carbocycles. The molecular formula is C24H29N5O3S2. The Kier molecular flexibility index (Phi) is 7.70. The van der Waals surface area contributed by atoms with E-state index in [9.17, 15) is 13.2 Å². The minimum Gasteiger partial charge on any atom is -0.325 e. The Morgan fingerprint density at radius 3 is 2.50 bits per heavy atom. The highest BCUT2D eigenvalue weighted by molar-refractivity contribution is 7.99. The largest absolute Gasteiger partial charge is 0.325 e. The number of hydrogen-bond donors (Lipinski definition) is 1. The van der Waals surface area contributed by atoms with Crippen molar-refractivity contribution < 1.29 is 13.2 Å². The fourth-order valence-electron chi connectivity index (χ4n) is 3.88. The molecule has 1 aliphatic rings. The van der Waals surface area contributed by atoms with E-state index in [1.54, 1.807) is 18.2 Å². The summed E-state index contributed by atoms with van der Waals surface area (Å²) >= 11 is 1.30. The highest BCUT2D eigenvalue weighted by Crippen LogP contribution is 2.26. The normalized spacial score (nSPS) is 14.8. The molecule has 1 amide bonds. The number of aryl methyl sites for hydroxylation is 2. The lowest BCUT2D eigenvalue weighted by molar-refractivity contribution is -0.113. The number of sulfonamides is 1. The summed E-state index contributed by atoms with van der Waals surface area (Å²) in [5.74, 6) is 0.681. The van der Waals surface area contributed by atoms with Crippen molar-refractivity contribution in [2.24, 2.45) is 0 Å². The second kappa shape index (κ2) is 10.7. The molecule has 180 valence electrons. The third-order valence-corrected chi connectivity index (χ3v) is 8.72. The molecule has 0 unspecified atom stereocenters. The van der Waals surface area contributed by atoms with Gasteiger partial charge in [-0.05, 0) is 49.9 Å². The minimum absolute atomic E-state index is 0.134. The molecule has 34 heavy (non-hydrogen) atoms. The molecule has 0 radical (unpaired) electrons. The van der Waals surface area contributed by atoms with E-state index < -0.39 is 10.0 Å². The van der Waals surface area contributed by atoms with E-state index in [4.69, 9.17) is 0 Å². The van der Waals surface area contributed by atoms with Crippen LogP contribution in [-0.4, -0.2) is 52.2 Å². The molecular weight excluding hydrogens is 470 g/mol. The first-order chi connectivity index (χ1) is 16.3. The Hall–Kier alpha value is -2.69. The zero-order valence-corrected chi connectivity index (χ0v) is 21.0. The van der Waals surface area contributed by atoms with Crippen molar-refractivity contribution in [1.29, 1.82) is 0 Å². The first kappa shape index (κ1) is 24.4. The third-order valence-electron chi connectivity index (χ3n) is 5.85. The standard InChI is InChI=1S/C24H29N5O3S2/c1-18-11-12-21(34(31,32)28-13-7-4-8-14-28)15-22(18)25-23(30)17-33-24-27-26-19(2)29(24)16-20-9-5-3-6-10-20/h3,5-6,9-12,15H,4,7-8,13-14,16-17H2,1-2H3,(H,25,30). The Bertz CT molecular complexity index is 1250. The van der Waals surface area contributed by atoms with Gasteiger partial charge in [0.05, 0.1) is 17.2 Å². The van der Waals surface area contributed by atoms with Gasteiger partial charge in [-0.15, -0.1) is 10.2 Å². The average molecular weight is 500 g/mol. The maximum absolute atomic E-state index is 13.0. The molecule has 0 atom stereocenters. The Morgan fingerprint density at radius 1 is 1.03 bits per heavy atom. The van der Waals surface area contributed by atoms with Crippen LogP contribution in [0.1, 0.15) is 36.2 Å². The van der Waals surface area contributed by atoms with Gasteiger partial charge in [0.25, 0.3) is 0 Å². The lowest BCUT2D eigenvalue weighted by Gasteiger charge is -2.26. The van der Waals surface area contributed by atoms with Crippen LogP contribution in [0.15, 0.2) is 58.6 Å². The summed E-state index contributed by atoms with van der Waals surface area (Å²) in [5, 5.41) is 11.9. The average Bonchev–Trinajstić information content (AvgIpc) is 3.19. The van der Waals surface area contributed by atoms with Crippen molar-refractivity contribution >= 4 is 33.4 Å². The van der Waals surface area contributed by atoms with Gasteiger partial charge < -0.3 is 9.88 Å². The second-order valence-corrected chi connectivity index (χ2v) is 11.3. The van der Waals surface area contributed by atoms with Gasteiger partial charge in [0.15, 0.2) is 5.16 Å². The fourth-order valence-corrected chi connectivity index (χ4v) is 6.21. The van der Waals surface area contributed by atoms with Crippen molar-refractivity contribution in [2.75, 3.05) is 24.2 Å². The summed E-state index contributed by atoms with van der Waals surface area (Å²) in [6.45, 7) is 5.44. The van der Waals surface area contributed by atoms with Crippen LogP contribution in [0.2, 0.25) is 0 Å². The maximum Gasteiger partial charge on any atom is 0.243 e. The number of amides is 1. The van der Waals surface area contributed by atoms with E-state index in [2.05, 4.69) is 15.5 Å². The van der Waals surface area contributed by atoms with Crippen molar-refractivity contribution in [3.8, 4) is 0 Å². The first-order valence-corrected chi connectivity index (χ1v) is 13.7. The summed E-state index contributed by atoms with van der Waals surface area (Å²) in [6.07, 6.45) is 2.80. The SMILES string of the molecule is Cc1ccc(S(=O)(=O)N2CCCCC2)cc1NC(=O)CSc1nnc(C)n1Cc1ccccc1. The number of hydrogen-bond acceptors (Lipinski definition) is 6. The summed E-state index contributed by atoms with van der Waals surface area (Å²) < 4.78 is 29.6. The van der Waals surface area contributed by atoms with Crippen LogP contribution >= 0.6 is 11.8 Å². The number of anilines is 1. The Labute approximate surface area is 204 Å². The molecule has 1 fully saturated rings. The molecule has 1 aliphatic heterocycles. The van der Waals surface area contributed by atoms with Crippen LogP contribution in [0, 0.1) is 13.8 Å². The molecule has 1 N–H and O–H groups in total. The second-order valence-electron chi connectivity index (χ2n) is 8.38. The molecule has 4 rings (SSSR count). The monoisotopic (exact) mass is 499 g/mol. The summed E-state index contributed by atoms with van der Waals surface area (Å²) in [5.41, 5.74) is 2.43. The fraction of sp³-hybridized carbons (Fsp3) is 0.375. The van der Waals surface area contributed by atoms with Crippen LogP contribution in [0.25, 0.3) is 0 Å². The van der Waals surface area contributed by atoms with E-state index >= 15 is 0 Å². The number of piperidine rings is 1. The van der Waals surface area contributed by atoms with E-state index in [1.165, 1.54) is 16.1 Å². The highest BCUT2D eigenvalue weighted by atomic mass is 32.2. The number of aromatic nitrogens is 3. The van der Waals surface area contributed by atoms with Crippen LogP contribution in [0.4, 0.5) is 5.69 Å². The molecule has 8 nitrogen and oxygen atoms in total. The lowest BCUT2D eigenvalue weighted by Crippen LogP contribution is -2.35. The quantitative estimate of drug-likeness (QED) is 0.473. The van der Waals surface area contributed by atoms with Gasteiger partial charge in [-0.2, -0.15) is 4.31 Å². The van der Waals surface area contributed by atoms with Crippen molar-refractivity contribution in [3.05, 3.63) is 65.5 Å². The van der Waals surface area contributed by atoms with Crippen molar-refractivity contribution in [3.63, 3.8) is 0 Å². The van der Waals surface area contributed by atoms with Crippen LogP contribution < -0.4 is 5.32 Å². The number of benzene rings is 2. The predicted molar refractivity (Wildman–Crippen MR) is 133 cm³/mol. The van der Waals surface area contributed by atoms with Gasteiger partial charge in [0.2, 0.25) is 15.9 Å². The van der Waals surface area contributed by atoms with Crippen molar-refractivity contribution in [1.82, 2.24) is 19.1 Å². The Morgan fingerprint density at radius 2 is 1.76 bits per heavy atom. The van der Waals surface area contributed by atoms with Crippen molar-refractivity contribution in [2.45, 2.75) is 49.7 Å². The highest BCUT2D eigenvalue weighted by Gasteiger charge is 2.26. The number of carbonyl (C=O) groups is 1. The molecule has 2 heterocycles. The van der Waals surface area contributed by atoms with E-state index in [0.717, 1.165) is 36.2 Å². The molecule has 1 saturated heterocycles. The van der Waals surface area contributed by atoms with Gasteiger partial charge in [-0.25, -0.2) is 8.42 Å². The summed E-state index contributed by atoms with van der Waals surface area (Å²) in [6, 6.07) is 14.9. The topological polar surface area (TPSA) is 97.2 Å².